The fourth-order valence-corrected chi connectivity index (χ4v) is 4.32. The van der Waals surface area contributed by atoms with Crippen molar-refractivity contribution in [2.24, 2.45) is 5.92 Å². The number of carbonyl (C=O) groups excluding carboxylic acids is 1. The lowest BCUT2D eigenvalue weighted by Crippen LogP contribution is -2.46. The average Bonchev–Trinajstić information content (AvgIpc) is 2.55. The van der Waals surface area contributed by atoms with E-state index in [1.165, 1.54) is 4.31 Å². The zero-order chi connectivity index (χ0) is 17.7. The SMILES string of the molecule is CCOc1ccc(S(=O)(=O)N2CCC[C@@H](C(=O)NC(C)C)C2)cc1. The van der Waals surface area contributed by atoms with Gasteiger partial charge in [0.15, 0.2) is 0 Å². The molecule has 2 rings (SSSR count). The fourth-order valence-electron chi connectivity index (χ4n) is 2.80. The summed E-state index contributed by atoms with van der Waals surface area (Å²) in [7, 11) is -3.59. The summed E-state index contributed by atoms with van der Waals surface area (Å²) in [6, 6.07) is 6.47. The number of sulfonamides is 1. The van der Waals surface area contributed by atoms with Gasteiger partial charge in [-0.25, -0.2) is 8.42 Å². The van der Waals surface area contributed by atoms with Crippen molar-refractivity contribution in [3.63, 3.8) is 0 Å². The Morgan fingerprint density at radius 1 is 1.33 bits per heavy atom. The predicted molar refractivity (Wildman–Crippen MR) is 92.4 cm³/mol. The van der Waals surface area contributed by atoms with Crippen LogP contribution in [0.3, 0.4) is 0 Å². The van der Waals surface area contributed by atoms with Gasteiger partial charge in [-0.1, -0.05) is 0 Å². The highest BCUT2D eigenvalue weighted by atomic mass is 32.2. The maximum atomic E-state index is 12.8. The average molecular weight is 354 g/mol. The highest BCUT2D eigenvalue weighted by Crippen LogP contribution is 2.25. The van der Waals surface area contributed by atoms with Crippen molar-refractivity contribution in [3.05, 3.63) is 24.3 Å². The summed E-state index contributed by atoms with van der Waals surface area (Å²) in [5.41, 5.74) is 0. The molecule has 1 aromatic rings. The Balaban J connectivity index is 2.12. The van der Waals surface area contributed by atoms with Crippen molar-refractivity contribution >= 4 is 15.9 Å². The molecule has 1 aromatic carbocycles. The Kier molecular flexibility index (Phi) is 6.23. The third-order valence-corrected chi connectivity index (χ3v) is 5.84. The highest BCUT2D eigenvalue weighted by molar-refractivity contribution is 7.89. The third kappa shape index (κ3) is 4.48. The van der Waals surface area contributed by atoms with Crippen molar-refractivity contribution in [1.82, 2.24) is 9.62 Å². The molecule has 1 fully saturated rings. The molecule has 0 spiro atoms. The number of hydrogen-bond donors (Lipinski definition) is 1. The van der Waals surface area contributed by atoms with Gasteiger partial charge in [-0.05, 0) is 57.9 Å². The first kappa shape index (κ1) is 18.7. The number of rotatable bonds is 6. The van der Waals surface area contributed by atoms with Crippen LogP contribution in [-0.4, -0.2) is 44.4 Å². The summed E-state index contributed by atoms with van der Waals surface area (Å²) >= 11 is 0. The minimum Gasteiger partial charge on any atom is -0.494 e. The summed E-state index contributed by atoms with van der Waals surface area (Å²) in [5, 5.41) is 2.87. The van der Waals surface area contributed by atoms with Gasteiger partial charge in [0.25, 0.3) is 0 Å². The summed E-state index contributed by atoms with van der Waals surface area (Å²) < 4.78 is 32.4. The van der Waals surface area contributed by atoms with Crippen molar-refractivity contribution < 1.29 is 17.9 Å². The van der Waals surface area contributed by atoms with Gasteiger partial charge < -0.3 is 10.1 Å². The van der Waals surface area contributed by atoms with Crippen LogP contribution in [0, 0.1) is 5.92 Å². The van der Waals surface area contributed by atoms with Crippen LogP contribution >= 0.6 is 0 Å². The summed E-state index contributed by atoms with van der Waals surface area (Å²) in [5.74, 6) is 0.277. The van der Waals surface area contributed by atoms with Crippen LogP contribution in [0.4, 0.5) is 0 Å². The molecule has 1 atom stereocenters. The second-order valence-corrected chi connectivity index (χ2v) is 8.21. The molecule has 1 amide bonds. The van der Waals surface area contributed by atoms with E-state index in [1.807, 2.05) is 20.8 Å². The molecular formula is C17H26N2O4S. The maximum Gasteiger partial charge on any atom is 0.243 e. The van der Waals surface area contributed by atoms with E-state index in [1.54, 1.807) is 24.3 Å². The molecule has 0 bridgehead atoms. The highest BCUT2D eigenvalue weighted by Gasteiger charge is 2.33. The Labute approximate surface area is 144 Å². The lowest BCUT2D eigenvalue weighted by atomic mass is 9.98. The first-order valence-corrected chi connectivity index (χ1v) is 9.82. The van der Waals surface area contributed by atoms with E-state index in [0.717, 1.165) is 0 Å². The van der Waals surface area contributed by atoms with Gasteiger partial charge in [0.2, 0.25) is 15.9 Å². The lowest BCUT2D eigenvalue weighted by molar-refractivity contribution is -0.126. The van der Waals surface area contributed by atoms with Gasteiger partial charge in [0, 0.05) is 19.1 Å². The first-order valence-electron chi connectivity index (χ1n) is 8.38. The molecular weight excluding hydrogens is 328 g/mol. The van der Waals surface area contributed by atoms with Crippen LogP contribution in [0.15, 0.2) is 29.2 Å². The van der Waals surface area contributed by atoms with Crippen molar-refractivity contribution in [2.75, 3.05) is 19.7 Å². The van der Waals surface area contributed by atoms with E-state index in [2.05, 4.69) is 5.32 Å². The maximum absolute atomic E-state index is 12.8. The van der Waals surface area contributed by atoms with Gasteiger partial charge in [0.05, 0.1) is 17.4 Å². The number of amides is 1. The molecule has 0 aromatic heterocycles. The van der Waals surface area contributed by atoms with Crippen LogP contribution in [0.25, 0.3) is 0 Å². The standard InChI is InChI=1S/C17H26N2O4S/c1-4-23-15-7-9-16(10-8-15)24(21,22)19-11-5-6-14(12-19)17(20)18-13(2)3/h7-10,13-14H,4-6,11-12H2,1-3H3,(H,18,20)/t14-/m1/s1. The Hall–Kier alpha value is -1.60. The van der Waals surface area contributed by atoms with E-state index in [9.17, 15) is 13.2 Å². The van der Waals surface area contributed by atoms with E-state index < -0.39 is 10.0 Å². The number of nitrogens with one attached hydrogen (secondary N) is 1. The molecule has 6 nitrogen and oxygen atoms in total. The molecule has 0 radical (unpaired) electrons. The molecule has 1 aliphatic rings. The number of benzene rings is 1. The smallest absolute Gasteiger partial charge is 0.243 e. The Morgan fingerprint density at radius 2 is 2.00 bits per heavy atom. The minimum absolute atomic E-state index is 0.0515. The molecule has 1 N–H and O–H groups in total. The molecule has 1 aliphatic heterocycles. The quantitative estimate of drug-likeness (QED) is 0.848. The lowest BCUT2D eigenvalue weighted by Gasteiger charge is -2.31. The van der Waals surface area contributed by atoms with Crippen LogP contribution in [0.5, 0.6) is 5.75 Å². The Bertz CT molecular complexity index is 656. The normalized spacial score (nSPS) is 19.2. The van der Waals surface area contributed by atoms with Crippen molar-refractivity contribution in [2.45, 2.75) is 44.6 Å². The van der Waals surface area contributed by atoms with Crippen LogP contribution in [-0.2, 0) is 14.8 Å². The monoisotopic (exact) mass is 354 g/mol. The number of piperidine rings is 1. The first-order chi connectivity index (χ1) is 11.3. The zero-order valence-electron chi connectivity index (χ0n) is 14.5. The molecule has 0 saturated carbocycles. The van der Waals surface area contributed by atoms with Crippen LogP contribution in [0.2, 0.25) is 0 Å². The summed E-state index contributed by atoms with van der Waals surface area (Å²) in [6.45, 7) is 6.88. The van der Waals surface area contributed by atoms with Gasteiger partial charge in [0.1, 0.15) is 5.75 Å². The molecule has 134 valence electrons. The van der Waals surface area contributed by atoms with Crippen molar-refractivity contribution in [3.8, 4) is 5.75 Å². The fraction of sp³-hybridized carbons (Fsp3) is 0.588. The molecule has 24 heavy (non-hydrogen) atoms. The summed E-state index contributed by atoms with van der Waals surface area (Å²) in [6.07, 6.45) is 1.40. The second kappa shape index (κ2) is 7.98. The largest absolute Gasteiger partial charge is 0.494 e. The van der Waals surface area contributed by atoms with E-state index >= 15 is 0 Å². The van der Waals surface area contributed by atoms with Gasteiger partial charge in [-0.3, -0.25) is 4.79 Å². The number of ether oxygens (including phenoxy) is 1. The summed E-state index contributed by atoms with van der Waals surface area (Å²) in [4.78, 5) is 12.4. The number of nitrogens with zero attached hydrogens (tertiary/aromatic N) is 1. The van der Waals surface area contributed by atoms with E-state index in [4.69, 9.17) is 4.74 Å². The number of carbonyl (C=O) groups is 1. The minimum atomic E-state index is -3.59. The molecule has 7 heteroatoms. The predicted octanol–water partition coefficient (Wildman–Crippen LogP) is 2.01. The zero-order valence-corrected chi connectivity index (χ0v) is 15.3. The van der Waals surface area contributed by atoms with Gasteiger partial charge in [-0.2, -0.15) is 4.31 Å². The molecule has 0 aliphatic carbocycles. The van der Waals surface area contributed by atoms with Crippen LogP contribution < -0.4 is 10.1 Å². The second-order valence-electron chi connectivity index (χ2n) is 6.27. The van der Waals surface area contributed by atoms with Gasteiger partial charge in [-0.15, -0.1) is 0 Å². The van der Waals surface area contributed by atoms with E-state index in [-0.39, 0.29) is 29.3 Å². The molecule has 0 unspecified atom stereocenters. The van der Waals surface area contributed by atoms with Crippen molar-refractivity contribution in [1.29, 1.82) is 0 Å². The van der Waals surface area contributed by atoms with Gasteiger partial charge >= 0.3 is 0 Å². The number of hydrogen-bond acceptors (Lipinski definition) is 4. The topological polar surface area (TPSA) is 75.7 Å². The molecule has 1 heterocycles. The third-order valence-electron chi connectivity index (χ3n) is 3.96. The Morgan fingerprint density at radius 3 is 2.58 bits per heavy atom. The van der Waals surface area contributed by atoms with E-state index in [0.29, 0.717) is 31.7 Å². The van der Waals surface area contributed by atoms with Crippen LogP contribution in [0.1, 0.15) is 33.6 Å². The molecule has 1 saturated heterocycles.